The first-order valence-corrected chi connectivity index (χ1v) is 10.7. The van der Waals surface area contributed by atoms with E-state index in [9.17, 15) is 5.11 Å². The molecule has 0 radical (unpaired) electrons. The molecule has 0 aliphatic carbocycles. The van der Waals surface area contributed by atoms with E-state index in [2.05, 4.69) is 66.8 Å². The van der Waals surface area contributed by atoms with E-state index in [-0.39, 0.29) is 11.8 Å². The second kappa shape index (κ2) is 11.7. The van der Waals surface area contributed by atoms with E-state index in [1.807, 2.05) is 36.4 Å². The molecular formula is C28H31N3O. The Hall–Kier alpha value is -3.60. The quantitative estimate of drug-likeness (QED) is 0.254. The van der Waals surface area contributed by atoms with Gasteiger partial charge in [-0.3, -0.25) is 5.32 Å². The summed E-state index contributed by atoms with van der Waals surface area (Å²) in [5, 5.41) is 12.6. The number of nitrogens with two attached hydrogens (primary N) is 2. The van der Waals surface area contributed by atoms with Crippen molar-refractivity contribution in [2.45, 2.75) is 19.4 Å². The lowest BCUT2D eigenvalue weighted by Crippen LogP contribution is -2.28. The molecule has 4 nitrogen and oxygen atoms in total. The van der Waals surface area contributed by atoms with E-state index in [0.717, 1.165) is 17.5 Å². The minimum Gasteiger partial charge on any atom is -0.508 e. The number of aromatic hydroxyl groups is 1. The van der Waals surface area contributed by atoms with Crippen LogP contribution in [0.4, 0.5) is 5.69 Å². The van der Waals surface area contributed by atoms with Gasteiger partial charge in [0.15, 0.2) is 0 Å². The monoisotopic (exact) mass is 425 g/mol. The first kappa shape index (κ1) is 23.1. The van der Waals surface area contributed by atoms with Gasteiger partial charge in [0.05, 0.1) is 6.04 Å². The van der Waals surface area contributed by atoms with Crippen molar-refractivity contribution in [3.05, 3.63) is 131 Å². The van der Waals surface area contributed by atoms with Crippen molar-refractivity contribution in [1.82, 2.24) is 5.32 Å². The Kier molecular flexibility index (Phi) is 8.44. The van der Waals surface area contributed by atoms with Crippen molar-refractivity contribution in [2.24, 2.45) is 5.73 Å². The summed E-state index contributed by atoms with van der Waals surface area (Å²) in [6.07, 6.45) is 1.04. The lowest BCUT2D eigenvalue weighted by Gasteiger charge is -2.20. The summed E-state index contributed by atoms with van der Waals surface area (Å²) in [5.41, 5.74) is 18.2. The van der Waals surface area contributed by atoms with Gasteiger partial charge in [0.2, 0.25) is 0 Å². The van der Waals surface area contributed by atoms with Crippen LogP contribution >= 0.6 is 0 Å². The van der Waals surface area contributed by atoms with Gasteiger partial charge in [-0.15, -0.1) is 0 Å². The van der Waals surface area contributed by atoms with Crippen LogP contribution in [0.25, 0.3) is 0 Å². The minimum absolute atomic E-state index is 0.0724. The van der Waals surface area contributed by atoms with Crippen molar-refractivity contribution in [2.75, 3.05) is 12.4 Å². The Morgan fingerprint density at radius 3 is 2.06 bits per heavy atom. The number of hydrogen-bond acceptors (Lipinski definition) is 4. The molecule has 6 N–H and O–H groups in total. The highest BCUT2D eigenvalue weighted by molar-refractivity contribution is 5.54. The van der Waals surface area contributed by atoms with Gasteiger partial charge in [-0.25, -0.2) is 0 Å². The van der Waals surface area contributed by atoms with Crippen molar-refractivity contribution in [1.29, 1.82) is 0 Å². The Bertz CT molecular complexity index is 1100. The van der Waals surface area contributed by atoms with Gasteiger partial charge in [0.25, 0.3) is 0 Å². The molecule has 0 aliphatic rings. The van der Waals surface area contributed by atoms with Crippen LogP contribution in [-0.4, -0.2) is 11.8 Å². The van der Waals surface area contributed by atoms with Crippen molar-refractivity contribution < 1.29 is 5.11 Å². The third-order valence-corrected chi connectivity index (χ3v) is 5.33. The second-order valence-corrected chi connectivity index (χ2v) is 7.65. The SMILES string of the molecule is Cc1ccccc1Cc1ccccc1.NCNC(c1ccccc1)c1ccc(O)cc1N. The molecule has 0 aromatic heterocycles. The maximum absolute atomic E-state index is 9.39. The minimum atomic E-state index is -0.0724. The fourth-order valence-electron chi connectivity index (χ4n) is 3.62. The summed E-state index contributed by atoms with van der Waals surface area (Å²) in [7, 11) is 0. The van der Waals surface area contributed by atoms with Crippen molar-refractivity contribution in [3.8, 4) is 5.75 Å². The van der Waals surface area contributed by atoms with Gasteiger partial charge in [0.1, 0.15) is 5.75 Å². The van der Waals surface area contributed by atoms with E-state index in [1.165, 1.54) is 16.7 Å². The molecule has 0 saturated carbocycles. The maximum atomic E-state index is 9.39. The number of anilines is 1. The van der Waals surface area contributed by atoms with E-state index in [0.29, 0.717) is 12.4 Å². The highest BCUT2D eigenvalue weighted by Crippen LogP contribution is 2.29. The number of nitrogen functional groups attached to an aromatic ring is 1. The highest BCUT2D eigenvalue weighted by atomic mass is 16.3. The molecule has 4 heteroatoms. The third-order valence-electron chi connectivity index (χ3n) is 5.33. The summed E-state index contributed by atoms with van der Waals surface area (Å²) in [6, 6.07) is 34.0. The molecule has 164 valence electrons. The average molecular weight is 426 g/mol. The standard InChI is InChI=1S/C14H17N3O.C14H14/c15-9-17-14(10-4-2-1-3-5-10)12-7-6-11(18)8-13(12)16;1-12-7-5-6-10-14(12)11-13-8-3-2-4-9-13/h1-8,14,17-18H,9,15-16H2;2-10H,11H2,1H3. The Balaban J connectivity index is 0.000000186. The van der Waals surface area contributed by atoms with E-state index in [1.54, 1.807) is 12.1 Å². The van der Waals surface area contributed by atoms with Gasteiger partial charge in [-0.05, 0) is 47.2 Å². The average Bonchev–Trinajstić information content (AvgIpc) is 2.81. The first-order chi connectivity index (χ1) is 15.6. The molecule has 1 atom stereocenters. The number of phenols is 1. The normalized spacial score (nSPS) is 11.3. The summed E-state index contributed by atoms with van der Waals surface area (Å²) in [5.74, 6) is 0.163. The predicted molar refractivity (Wildman–Crippen MR) is 133 cm³/mol. The third kappa shape index (κ3) is 6.45. The molecule has 0 amide bonds. The number of benzene rings is 4. The summed E-state index contributed by atoms with van der Waals surface area (Å²) >= 11 is 0. The van der Waals surface area contributed by atoms with Crippen LogP contribution in [0.15, 0.2) is 103 Å². The largest absolute Gasteiger partial charge is 0.508 e. The zero-order valence-electron chi connectivity index (χ0n) is 18.4. The number of aryl methyl sites for hydroxylation is 1. The number of nitrogens with one attached hydrogen (secondary N) is 1. The van der Waals surface area contributed by atoms with Crippen LogP contribution < -0.4 is 16.8 Å². The molecule has 0 aliphatic heterocycles. The van der Waals surface area contributed by atoms with E-state index in [4.69, 9.17) is 11.5 Å². The molecule has 0 bridgehead atoms. The Morgan fingerprint density at radius 2 is 1.44 bits per heavy atom. The molecule has 32 heavy (non-hydrogen) atoms. The van der Waals surface area contributed by atoms with Crippen LogP contribution in [0.1, 0.15) is 33.9 Å². The molecule has 0 saturated heterocycles. The summed E-state index contributed by atoms with van der Waals surface area (Å²) in [4.78, 5) is 0. The molecule has 0 spiro atoms. The van der Waals surface area contributed by atoms with Crippen LogP contribution in [0.2, 0.25) is 0 Å². The van der Waals surface area contributed by atoms with Gasteiger partial charge < -0.3 is 16.6 Å². The van der Waals surface area contributed by atoms with Crippen LogP contribution in [0.5, 0.6) is 5.75 Å². The lowest BCUT2D eigenvalue weighted by molar-refractivity contribution is 0.475. The molecular weight excluding hydrogens is 394 g/mol. The van der Waals surface area contributed by atoms with E-state index < -0.39 is 0 Å². The van der Waals surface area contributed by atoms with Crippen molar-refractivity contribution >= 4 is 5.69 Å². The van der Waals surface area contributed by atoms with Crippen molar-refractivity contribution in [3.63, 3.8) is 0 Å². The molecule has 0 heterocycles. The fourth-order valence-corrected chi connectivity index (χ4v) is 3.62. The number of phenolic OH excluding ortho intramolecular Hbond substituents is 1. The maximum Gasteiger partial charge on any atom is 0.117 e. The Labute approximate surface area is 190 Å². The number of rotatable bonds is 6. The number of hydrogen-bond donors (Lipinski definition) is 4. The van der Waals surface area contributed by atoms with Crippen LogP contribution in [-0.2, 0) is 6.42 Å². The van der Waals surface area contributed by atoms with Gasteiger partial charge in [-0.2, -0.15) is 0 Å². The van der Waals surface area contributed by atoms with Crippen LogP contribution in [0, 0.1) is 6.92 Å². The first-order valence-electron chi connectivity index (χ1n) is 10.7. The fraction of sp³-hybridized carbons (Fsp3) is 0.143. The molecule has 4 aromatic carbocycles. The van der Waals surface area contributed by atoms with Gasteiger partial charge in [-0.1, -0.05) is 91.0 Å². The Morgan fingerprint density at radius 1 is 0.812 bits per heavy atom. The predicted octanol–water partition coefficient (Wildman–Crippen LogP) is 5.16. The van der Waals surface area contributed by atoms with Gasteiger partial charge in [0, 0.05) is 18.4 Å². The van der Waals surface area contributed by atoms with E-state index >= 15 is 0 Å². The molecule has 4 rings (SSSR count). The molecule has 4 aromatic rings. The zero-order valence-corrected chi connectivity index (χ0v) is 18.4. The zero-order chi connectivity index (χ0) is 22.8. The van der Waals surface area contributed by atoms with Gasteiger partial charge >= 0.3 is 0 Å². The molecule has 1 unspecified atom stereocenters. The smallest absolute Gasteiger partial charge is 0.117 e. The molecule has 0 fully saturated rings. The summed E-state index contributed by atoms with van der Waals surface area (Å²) < 4.78 is 0. The van der Waals surface area contributed by atoms with Crippen LogP contribution in [0.3, 0.4) is 0 Å². The second-order valence-electron chi connectivity index (χ2n) is 7.65. The topological polar surface area (TPSA) is 84.3 Å². The lowest BCUT2D eigenvalue weighted by atomic mass is 9.97. The summed E-state index contributed by atoms with van der Waals surface area (Å²) in [6.45, 7) is 2.51. The highest BCUT2D eigenvalue weighted by Gasteiger charge is 2.15.